The molecule has 0 saturated carbocycles. The van der Waals surface area contributed by atoms with Crippen LogP contribution < -0.4 is 10.5 Å². The van der Waals surface area contributed by atoms with Crippen LogP contribution in [-0.2, 0) is 6.61 Å². The average molecular weight is 303 g/mol. The van der Waals surface area contributed by atoms with Gasteiger partial charge in [0.05, 0.1) is 12.0 Å². The van der Waals surface area contributed by atoms with E-state index in [1.165, 1.54) is 6.26 Å². The lowest BCUT2D eigenvalue weighted by Crippen LogP contribution is -2.04. The zero-order valence-corrected chi connectivity index (χ0v) is 11.6. The summed E-state index contributed by atoms with van der Waals surface area (Å²) < 4.78 is 10.9. The zero-order valence-electron chi connectivity index (χ0n) is 10.9. The summed E-state index contributed by atoms with van der Waals surface area (Å²) in [6.07, 6.45) is 3.21. The monoisotopic (exact) mass is 302 g/mol. The molecular formula is C14H11ClN4O2. The van der Waals surface area contributed by atoms with Crippen LogP contribution in [-0.4, -0.2) is 15.0 Å². The molecule has 0 unspecified atom stereocenters. The summed E-state index contributed by atoms with van der Waals surface area (Å²) in [6.45, 7) is 0.231. The highest BCUT2D eigenvalue weighted by atomic mass is 35.5. The molecule has 0 fully saturated rings. The van der Waals surface area contributed by atoms with Crippen LogP contribution in [0.25, 0.3) is 11.5 Å². The van der Waals surface area contributed by atoms with Crippen molar-refractivity contribution >= 4 is 17.5 Å². The van der Waals surface area contributed by atoms with Crippen LogP contribution in [0.4, 0.5) is 5.95 Å². The Morgan fingerprint density at radius 2 is 2.10 bits per heavy atom. The Morgan fingerprint density at radius 1 is 1.19 bits per heavy atom. The minimum Gasteiger partial charge on any atom is -0.470 e. The number of nitrogen functional groups attached to an aromatic ring is 1. The molecule has 0 saturated heterocycles. The summed E-state index contributed by atoms with van der Waals surface area (Å²) in [4.78, 5) is 12.2. The van der Waals surface area contributed by atoms with Crippen LogP contribution in [0, 0.1) is 0 Å². The fourth-order valence-electron chi connectivity index (χ4n) is 1.74. The van der Waals surface area contributed by atoms with Crippen LogP contribution in [0.1, 0.15) is 5.69 Å². The quantitative estimate of drug-likeness (QED) is 0.797. The fraction of sp³-hybridized carbons (Fsp3) is 0.0714. The fourth-order valence-corrected chi connectivity index (χ4v) is 1.97. The van der Waals surface area contributed by atoms with Crippen LogP contribution in [0.15, 0.2) is 47.2 Å². The molecule has 0 atom stereocenters. The van der Waals surface area contributed by atoms with Gasteiger partial charge in [-0.2, -0.15) is 4.98 Å². The molecule has 106 valence electrons. The number of pyridine rings is 1. The first kappa shape index (κ1) is 13.4. The van der Waals surface area contributed by atoms with Gasteiger partial charge in [-0.15, -0.1) is 0 Å². The van der Waals surface area contributed by atoms with Crippen molar-refractivity contribution in [2.24, 2.45) is 0 Å². The van der Waals surface area contributed by atoms with E-state index in [0.717, 1.165) is 5.69 Å². The van der Waals surface area contributed by atoms with E-state index in [2.05, 4.69) is 15.0 Å². The minimum absolute atomic E-state index is 0.0572. The van der Waals surface area contributed by atoms with E-state index < -0.39 is 0 Å². The summed E-state index contributed by atoms with van der Waals surface area (Å²) >= 11 is 6.25. The molecule has 0 amide bonds. The zero-order chi connectivity index (χ0) is 14.7. The van der Waals surface area contributed by atoms with Gasteiger partial charge in [0, 0.05) is 6.20 Å². The van der Waals surface area contributed by atoms with Gasteiger partial charge in [0.2, 0.25) is 11.8 Å². The van der Waals surface area contributed by atoms with Crippen molar-refractivity contribution in [1.29, 1.82) is 0 Å². The lowest BCUT2D eigenvalue weighted by atomic mass is 10.3. The smallest absolute Gasteiger partial charge is 0.238 e. The number of hydrogen-bond donors (Lipinski definition) is 1. The highest BCUT2D eigenvalue weighted by Gasteiger charge is 2.16. The number of halogens is 1. The van der Waals surface area contributed by atoms with Gasteiger partial charge in [-0.3, -0.25) is 4.98 Å². The third kappa shape index (κ3) is 2.95. The van der Waals surface area contributed by atoms with Gasteiger partial charge >= 0.3 is 0 Å². The molecular weight excluding hydrogens is 292 g/mol. The third-order valence-electron chi connectivity index (χ3n) is 2.68. The molecule has 0 aliphatic rings. The van der Waals surface area contributed by atoms with Crippen molar-refractivity contribution in [1.82, 2.24) is 15.0 Å². The number of hydrogen-bond acceptors (Lipinski definition) is 6. The van der Waals surface area contributed by atoms with E-state index >= 15 is 0 Å². The average Bonchev–Trinajstić information content (AvgIpc) is 3.03. The second-order valence-electron chi connectivity index (χ2n) is 4.14. The Kier molecular flexibility index (Phi) is 3.70. The summed E-state index contributed by atoms with van der Waals surface area (Å²) in [5.41, 5.74) is 6.83. The van der Waals surface area contributed by atoms with Crippen molar-refractivity contribution in [3.05, 3.63) is 53.5 Å². The maximum atomic E-state index is 6.25. The van der Waals surface area contributed by atoms with E-state index in [1.807, 2.05) is 18.2 Å². The Labute approximate surface area is 125 Å². The number of rotatable bonds is 4. The Hall–Kier alpha value is -2.60. The van der Waals surface area contributed by atoms with E-state index in [1.54, 1.807) is 18.3 Å². The number of anilines is 1. The third-order valence-corrected chi connectivity index (χ3v) is 3.02. The predicted molar refractivity (Wildman–Crippen MR) is 77.7 cm³/mol. The molecule has 3 rings (SSSR count). The molecule has 0 aliphatic carbocycles. The second-order valence-corrected chi connectivity index (χ2v) is 4.51. The number of nitrogens with two attached hydrogens (primary N) is 1. The number of aromatic nitrogens is 3. The maximum Gasteiger partial charge on any atom is 0.238 e. The van der Waals surface area contributed by atoms with Gasteiger partial charge in [-0.1, -0.05) is 17.7 Å². The van der Waals surface area contributed by atoms with E-state index in [-0.39, 0.29) is 23.5 Å². The Bertz CT molecular complexity index is 732. The van der Waals surface area contributed by atoms with Gasteiger partial charge in [0.15, 0.2) is 5.76 Å². The van der Waals surface area contributed by atoms with Gasteiger partial charge in [0.1, 0.15) is 17.3 Å². The largest absolute Gasteiger partial charge is 0.470 e. The minimum atomic E-state index is 0.0572. The number of furan rings is 1. The Balaban J connectivity index is 1.89. The number of ether oxygens (including phenoxy) is 1. The van der Waals surface area contributed by atoms with Crippen LogP contribution in [0.2, 0.25) is 5.02 Å². The van der Waals surface area contributed by atoms with Gasteiger partial charge in [0.25, 0.3) is 0 Å². The molecule has 3 aromatic rings. The van der Waals surface area contributed by atoms with E-state index in [0.29, 0.717) is 11.5 Å². The molecule has 0 aromatic carbocycles. The van der Waals surface area contributed by atoms with Crippen molar-refractivity contribution < 1.29 is 9.15 Å². The standard InChI is InChI=1S/C14H11ClN4O2/c15-11-12(10-5-3-7-20-10)18-14(16)19-13(11)21-8-9-4-1-2-6-17-9/h1-7H,8H2,(H2,16,18,19). The van der Waals surface area contributed by atoms with Gasteiger partial charge in [-0.25, -0.2) is 4.98 Å². The molecule has 21 heavy (non-hydrogen) atoms. The molecule has 2 N–H and O–H groups in total. The topological polar surface area (TPSA) is 87.1 Å². The van der Waals surface area contributed by atoms with Crippen LogP contribution in [0.5, 0.6) is 5.88 Å². The van der Waals surface area contributed by atoms with E-state index in [4.69, 9.17) is 26.5 Å². The summed E-state index contributed by atoms with van der Waals surface area (Å²) in [7, 11) is 0. The molecule has 3 aromatic heterocycles. The van der Waals surface area contributed by atoms with Crippen molar-refractivity contribution in [3.63, 3.8) is 0 Å². The normalized spacial score (nSPS) is 10.5. The number of nitrogens with zero attached hydrogens (tertiary/aromatic N) is 3. The summed E-state index contributed by atoms with van der Waals surface area (Å²) in [6, 6.07) is 9.00. The van der Waals surface area contributed by atoms with Crippen LogP contribution in [0.3, 0.4) is 0 Å². The summed E-state index contributed by atoms with van der Waals surface area (Å²) in [5, 5.41) is 0.245. The maximum absolute atomic E-state index is 6.25. The van der Waals surface area contributed by atoms with Gasteiger partial charge < -0.3 is 14.9 Å². The first-order chi connectivity index (χ1) is 10.2. The molecule has 0 radical (unpaired) electrons. The second kappa shape index (κ2) is 5.80. The highest BCUT2D eigenvalue weighted by Crippen LogP contribution is 2.33. The van der Waals surface area contributed by atoms with Gasteiger partial charge in [-0.05, 0) is 24.3 Å². The highest BCUT2D eigenvalue weighted by molar-refractivity contribution is 6.34. The SMILES string of the molecule is Nc1nc(OCc2ccccn2)c(Cl)c(-c2ccco2)n1. The molecule has 3 heterocycles. The molecule has 0 bridgehead atoms. The summed E-state index contributed by atoms with van der Waals surface area (Å²) in [5.74, 6) is 0.750. The first-order valence-electron chi connectivity index (χ1n) is 6.13. The lowest BCUT2D eigenvalue weighted by molar-refractivity contribution is 0.289. The van der Waals surface area contributed by atoms with Crippen molar-refractivity contribution in [2.45, 2.75) is 6.61 Å². The Morgan fingerprint density at radius 3 is 2.81 bits per heavy atom. The van der Waals surface area contributed by atoms with Crippen molar-refractivity contribution in [3.8, 4) is 17.3 Å². The first-order valence-corrected chi connectivity index (χ1v) is 6.51. The van der Waals surface area contributed by atoms with Crippen molar-refractivity contribution in [2.75, 3.05) is 5.73 Å². The molecule has 6 nitrogen and oxygen atoms in total. The molecule has 0 spiro atoms. The predicted octanol–water partition coefficient (Wildman–Crippen LogP) is 2.95. The van der Waals surface area contributed by atoms with E-state index in [9.17, 15) is 0 Å². The lowest BCUT2D eigenvalue weighted by Gasteiger charge is -2.09. The molecule has 7 heteroatoms. The molecule has 0 aliphatic heterocycles. The van der Waals surface area contributed by atoms with Crippen LogP contribution >= 0.6 is 11.6 Å².